The Morgan fingerprint density at radius 3 is 2.58 bits per heavy atom. The zero-order valence-corrected chi connectivity index (χ0v) is 18.5. The highest BCUT2D eigenvalue weighted by Crippen LogP contribution is 2.43. The van der Waals surface area contributed by atoms with Crippen LogP contribution in [0.25, 0.3) is 33.9 Å². The van der Waals surface area contributed by atoms with E-state index in [0.717, 1.165) is 56.7 Å². The van der Waals surface area contributed by atoms with E-state index in [2.05, 4.69) is 64.4 Å². The van der Waals surface area contributed by atoms with Gasteiger partial charge in [-0.3, -0.25) is 4.57 Å². The fraction of sp³-hybridized carbons (Fsp3) is 0.0714. The van der Waals surface area contributed by atoms with Crippen LogP contribution in [0.2, 0.25) is 0 Å². The molecule has 0 radical (unpaired) electrons. The van der Waals surface area contributed by atoms with Crippen LogP contribution < -0.4 is 11.1 Å². The number of aromatic nitrogens is 3. The predicted octanol–water partition coefficient (Wildman–Crippen LogP) is 6.43. The van der Waals surface area contributed by atoms with Crippen molar-refractivity contribution in [2.24, 2.45) is 5.73 Å². The quantitative estimate of drug-likeness (QED) is 0.315. The first-order chi connectivity index (χ1) is 16.1. The third kappa shape index (κ3) is 3.49. The molecule has 162 valence electrons. The molecule has 5 heteroatoms. The Kier molecular flexibility index (Phi) is 5.24. The lowest BCUT2D eigenvalue weighted by molar-refractivity contribution is 0.818. The van der Waals surface area contributed by atoms with Gasteiger partial charge < -0.3 is 11.1 Å². The van der Waals surface area contributed by atoms with Crippen LogP contribution in [0.15, 0.2) is 98.2 Å². The lowest BCUT2D eigenvalue weighted by Crippen LogP contribution is -2.05. The van der Waals surface area contributed by atoms with E-state index in [9.17, 15) is 0 Å². The van der Waals surface area contributed by atoms with Gasteiger partial charge in [-0.15, -0.1) is 0 Å². The number of pyridine rings is 1. The summed E-state index contributed by atoms with van der Waals surface area (Å²) in [6.07, 6.45) is 7.30. The number of nitrogens with two attached hydrogens (primary N) is 1. The van der Waals surface area contributed by atoms with Gasteiger partial charge in [0.1, 0.15) is 5.82 Å². The molecule has 3 N–H and O–H groups in total. The number of para-hydroxylation sites is 1. The summed E-state index contributed by atoms with van der Waals surface area (Å²) in [5, 5.41) is 3.49. The second kappa shape index (κ2) is 8.37. The van der Waals surface area contributed by atoms with Crippen LogP contribution in [0, 0.1) is 0 Å². The molecular formula is C28H25N5. The first-order valence-corrected chi connectivity index (χ1v) is 10.9. The summed E-state index contributed by atoms with van der Waals surface area (Å²) in [6.45, 7) is 9.90. The van der Waals surface area contributed by atoms with Gasteiger partial charge in [-0.05, 0) is 36.8 Å². The van der Waals surface area contributed by atoms with Crippen molar-refractivity contribution in [1.82, 2.24) is 14.5 Å². The molecule has 4 aromatic rings. The normalized spacial score (nSPS) is 13.1. The molecule has 2 aromatic heterocycles. The first-order valence-electron chi connectivity index (χ1n) is 10.9. The molecule has 0 bridgehead atoms. The molecule has 5 nitrogen and oxygen atoms in total. The zero-order chi connectivity index (χ0) is 22.9. The van der Waals surface area contributed by atoms with E-state index in [-0.39, 0.29) is 6.04 Å². The van der Waals surface area contributed by atoms with Gasteiger partial charge in [-0.25, -0.2) is 9.97 Å². The van der Waals surface area contributed by atoms with Crippen molar-refractivity contribution in [3.05, 3.63) is 110 Å². The molecule has 0 spiro atoms. The minimum Gasteiger partial charge on any atom is -0.338 e. The third-order valence-corrected chi connectivity index (χ3v) is 5.83. The highest BCUT2D eigenvalue weighted by Gasteiger charge is 2.27. The molecule has 0 saturated carbocycles. The number of nitrogens with one attached hydrogen (secondary N) is 1. The summed E-state index contributed by atoms with van der Waals surface area (Å²) in [6, 6.07) is 20.4. The smallest absolute Gasteiger partial charge is 0.154 e. The predicted molar refractivity (Wildman–Crippen MR) is 136 cm³/mol. The SMILES string of the molecule is C=C/C=C(\C=C)c1nc2n(c1-c1ccc([C@H](C)N)cc1)-c1cccnc1Nc1ccccc1-2. The number of nitrogens with zero attached hydrogens (tertiary/aromatic N) is 3. The average molecular weight is 432 g/mol. The van der Waals surface area contributed by atoms with Crippen molar-refractivity contribution in [1.29, 1.82) is 0 Å². The van der Waals surface area contributed by atoms with Gasteiger partial charge >= 0.3 is 0 Å². The van der Waals surface area contributed by atoms with Crippen LogP contribution in [0.3, 0.4) is 0 Å². The molecule has 1 atom stereocenters. The topological polar surface area (TPSA) is 68.8 Å². The third-order valence-electron chi connectivity index (χ3n) is 5.83. The lowest BCUT2D eigenvalue weighted by atomic mass is 10.0. The van der Waals surface area contributed by atoms with E-state index < -0.39 is 0 Å². The standard InChI is InChI=1S/C28H25N5/c1-4-9-19(5-2)25-26(21-15-13-20(14-16-21)18(3)29)33-24-12-8-17-30-27(24)31-23-11-7-6-10-22(23)28(33)32-25/h4-18H,1-2,29H2,3H3,(H,30,31)/b19-9+/t18-/m0/s1. The molecule has 33 heavy (non-hydrogen) atoms. The molecule has 0 saturated heterocycles. The van der Waals surface area contributed by atoms with Gasteiger partial charge in [0.2, 0.25) is 0 Å². The maximum absolute atomic E-state index is 6.10. The first kappa shape index (κ1) is 20.7. The highest BCUT2D eigenvalue weighted by atomic mass is 15.2. The van der Waals surface area contributed by atoms with E-state index in [4.69, 9.17) is 10.7 Å². The number of benzene rings is 2. The molecule has 0 amide bonds. The number of rotatable bonds is 5. The minimum absolute atomic E-state index is 0.0357. The van der Waals surface area contributed by atoms with Gasteiger partial charge in [0.25, 0.3) is 0 Å². The molecule has 0 aliphatic carbocycles. The molecule has 2 aromatic carbocycles. The van der Waals surface area contributed by atoms with E-state index in [1.54, 1.807) is 12.3 Å². The fourth-order valence-corrected chi connectivity index (χ4v) is 4.21. The van der Waals surface area contributed by atoms with E-state index >= 15 is 0 Å². The molecule has 5 rings (SSSR count). The Morgan fingerprint density at radius 1 is 1.06 bits per heavy atom. The number of imidazole rings is 1. The van der Waals surface area contributed by atoms with E-state index in [1.807, 2.05) is 43.3 Å². The van der Waals surface area contributed by atoms with Gasteiger partial charge in [0.05, 0.1) is 22.8 Å². The largest absolute Gasteiger partial charge is 0.338 e. The van der Waals surface area contributed by atoms with Crippen LogP contribution >= 0.6 is 0 Å². The summed E-state index contributed by atoms with van der Waals surface area (Å²) in [5.74, 6) is 1.61. The molecule has 3 heterocycles. The van der Waals surface area contributed by atoms with Crippen LogP contribution in [0.4, 0.5) is 11.5 Å². The number of hydrogen-bond donors (Lipinski definition) is 2. The van der Waals surface area contributed by atoms with E-state index in [0.29, 0.717) is 0 Å². The Bertz CT molecular complexity index is 1390. The summed E-state index contributed by atoms with van der Waals surface area (Å²) >= 11 is 0. The van der Waals surface area contributed by atoms with Crippen molar-refractivity contribution >= 4 is 17.1 Å². The highest BCUT2D eigenvalue weighted by molar-refractivity contribution is 5.91. The lowest BCUT2D eigenvalue weighted by Gasteiger charge is -2.15. The molecule has 1 aliphatic rings. The van der Waals surface area contributed by atoms with Crippen molar-refractivity contribution in [2.75, 3.05) is 5.32 Å². The summed E-state index contributed by atoms with van der Waals surface area (Å²) in [4.78, 5) is 9.79. The minimum atomic E-state index is -0.0357. The van der Waals surface area contributed by atoms with Gasteiger partial charge in [-0.2, -0.15) is 0 Å². The van der Waals surface area contributed by atoms with Gasteiger partial charge in [0.15, 0.2) is 5.82 Å². The van der Waals surface area contributed by atoms with Gasteiger partial charge in [0, 0.05) is 28.9 Å². The second-order valence-electron chi connectivity index (χ2n) is 7.98. The number of hydrogen-bond acceptors (Lipinski definition) is 4. The van der Waals surface area contributed by atoms with Crippen LogP contribution in [-0.4, -0.2) is 14.5 Å². The molecule has 0 fully saturated rings. The Morgan fingerprint density at radius 2 is 1.85 bits per heavy atom. The number of allylic oxidation sites excluding steroid dienone is 4. The zero-order valence-electron chi connectivity index (χ0n) is 18.5. The molecular weight excluding hydrogens is 406 g/mol. The van der Waals surface area contributed by atoms with Crippen molar-refractivity contribution in [2.45, 2.75) is 13.0 Å². The molecule has 1 aliphatic heterocycles. The number of fused-ring (bicyclic) bond motifs is 5. The summed E-state index contributed by atoms with van der Waals surface area (Å²) < 4.78 is 2.18. The fourth-order valence-electron chi connectivity index (χ4n) is 4.21. The van der Waals surface area contributed by atoms with Gasteiger partial charge in [-0.1, -0.05) is 67.8 Å². The maximum atomic E-state index is 6.10. The van der Waals surface area contributed by atoms with Crippen LogP contribution in [-0.2, 0) is 0 Å². The monoisotopic (exact) mass is 431 g/mol. The number of anilines is 2. The summed E-state index contributed by atoms with van der Waals surface area (Å²) in [5.41, 5.74) is 13.8. The van der Waals surface area contributed by atoms with Crippen molar-refractivity contribution in [3.63, 3.8) is 0 Å². The molecule has 0 unspecified atom stereocenters. The second-order valence-corrected chi connectivity index (χ2v) is 7.98. The Hall–Kier alpha value is -4.22. The maximum Gasteiger partial charge on any atom is 0.154 e. The van der Waals surface area contributed by atoms with Crippen LogP contribution in [0.1, 0.15) is 24.2 Å². The van der Waals surface area contributed by atoms with Crippen molar-refractivity contribution < 1.29 is 0 Å². The van der Waals surface area contributed by atoms with E-state index in [1.165, 1.54) is 0 Å². The van der Waals surface area contributed by atoms with Crippen molar-refractivity contribution in [3.8, 4) is 28.3 Å². The van der Waals surface area contributed by atoms with Crippen LogP contribution in [0.5, 0.6) is 0 Å². The summed E-state index contributed by atoms with van der Waals surface area (Å²) in [7, 11) is 0. The Balaban J connectivity index is 1.90. The average Bonchev–Trinajstić information content (AvgIpc) is 3.17. The Labute approximate surface area is 193 Å².